The quantitative estimate of drug-likeness (QED) is 0.0297. The molecule has 1 N–H and O–H groups in total. The zero-order chi connectivity index (χ0) is 38.4. The van der Waals surface area contributed by atoms with Crippen LogP contribution in [0.2, 0.25) is 0 Å². The van der Waals surface area contributed by atoms with E-state index in [1.807, 2.05) is 66.7 Å². The van der Waals surface area contributed by atoms with Crippen molar-refractivity contribution in [3.8, 4) is 28.4 Å². The van der Waals surface area contributed by atoms with Crippen LogP contribution in [0.4, 0.5) is 0 Å². The molecular weight excluding hydrogens is 680 g/mol. The number of benzene rings is 3. The Labute approximate surface area is 312 Å². The summed E-state index contributed by atoms with van der Waals surface area (Å²) in [5.74, 6) is 0.977. The van der Waals surface area contributed by atoms with Crippen molar-refractivity contribution in [1.29, 1.82) is 0 Å². The van der Waals surface area contributed by atoms with Crippen molar-refractivity contribution in [2.75, 3.05) is 53.0 Å². The van der Waals surface area contributed by atoms with E-state index in [2.05, 4.69) is 19.7 Å². The summed E-state index contributed by atoms with van der Waals surface area (Å²) in [5.41, 5.74) is 5.37. The van der Waals surface area contributed by atoms with Crippen molar-refractivity contribution in [1.82, 2.24) is 0 Å². The second kappa shape index (κ2) is 23.6. The Morgan fingerprint density at radius 3 is 1.85 bits per heavy atom. The van der Waals surface area contributed by atoms with Crippen molar-refractivity contribution < 1.29 is 52.6 Å². The maximum atomic E-state index is 11.6. The number of carbonyl (C=O) groups is 2. The average Bonchev–Trinajstić information content (AvgIpc) is 3.15. The first-order valence-electron chi connectivity index (χ1n) is 17.5. The Morgan fingerprint density at radius 1 is 0.623 bits per heavy atom. The van der Waals surface area contributed by atoms with Gasteiger partial charge in [-0.25, -0.2) is 9.59 Å². The number of aliphatic hydroxyl groups excluding tert-OH is 1. The fraction of sp³-hybridized carbons (Fsp3) is 0.381. The van der Waals surface area contributed by atoms with E-state index in [4.69, 9.17) is 37.9 Å². The number of carbonyl (C=O) groups excluding carboxylic acids is 2. The Balaban J connectivity index is 1.40. The maximum Gasteiger partial charge on any atom is 0.333 e. The lowest BCUT2D eigenvalue weighted by Crippen LogP contribution is -2.15. The third-order valence-electron chi connectivity index (χ3n) is 7.43. The van der Waals surface area contributed by atoms with Crippen molar-refractivity contribution in [2.45, 2.75) is 52.9 Å². The fourth-order valence-corrected chi connectivity index (χ4v) is 4.47. The van der Waals surface area contributed by atoms with Gasteiger partial charge in [-0.3, -0.25) is 0 Å². The Morgan fingerprint density at radius 2 is 1.21 bits per heavy atom. The van der Waals surface area contributed by atoms with Gasteiger partial charge in [0.2, 0.25) is 0 Å². The molecule has 0 amide bonds. The molecule has 3 aromatic carbocycles. The summed E-state index contributed by atoms with van der Waals surface area (Å²) in [5, 5.41) is 9.74. The fourth-order valence-electron chi connectivity index (χ4n) is 4.47. The normalized spacial score (nSPS) is 11.3. The first-order chi connectivity index (χ1) is 25.5. The Kier molecular flexibility index (Phi) is 18.9. The van der Waals surface area contributed by atoms with Gasteiger partial charge in [0.25, 0.3) is 0 Å². The standard InChI is InChI=1S/C42H52O11/c1-30(2)40(43)51-22-7-20-49-38-18-11-33(27-39(38)50-21-8-23-52-41(44)31(3)4)19-24-46-29-47-28-34-9-12-35(13-10-34)36-14-16-37(17-15-36)48-25-26-53-42(45)32(5)6/h9-18,27,40,43H,1,3,5,7-8,19-26,28-29H2,2,4,6H3. The van der Waals surface area contributed by atoms with E-state index in [1.54, 1.807) is 20.8 Å². The molecule has 1 atom stereocenters. The molecule has 0 saturated carbocycles. The number of aliphatic hydroxyl groups is 1. The highest BCUT2D eigenvalue weighted by molar-refractivity contribution is 5.87. The van der Waals surface area contributed by atoms with Crippen LogP contribution >= 0.6 is 0 Å². The van der Waals surface area contributed by atoms with Gasteiger partial charge in [-0.2, -0.15) is 0 Å². The zero-order valence-corrected chi connectivity index (χ0v) is 31.1. The molecule has 0 saturated heterocycles. The van der Waals surface area contributed by atoms with Crippen LogP contribution in [-0.4, -0.2) is 76.4 Å². The Bertz CT molecular complexity index is 1610. The number of esters is 2. The van der Waals surface area contributed by atoms with E-state index in [0.717, 1.165) is 22.3 Å². The van der Waals surface area contributed by atoms with Crippen LogP contribution in [0, 0.1) is 0 Å². The highest BCUT2D eigenvalue weighted by Gasteiger charge is 2.10. The number of hydrogen-bond acceptors (Lipinski definition) is 11. The molecule has 3 rings (SSSR count). The lowest BCUT2D eigenvalue weighted by atomic mass is 10.0. The third kappa shape index (κ3) is 16.5. The molecule has 0 aliphatic rings. The smallest absolute Gasteiger partial charge is 0.333 e. The van der Waals surface area contributed by atoms with Gasteiger partial charge < -0.3 is 43.0 Å². The summed E-state index contributed by atoms with van der Waals surface area (Å²) < 4.78 is 44.6. The molecule has 3 aromatic rings. The lowest BCUT2D eigenvalue weighted by Gasteiger charge is -2.15. The van der Waals surface area contributed by atoms with E-state index in [-0.39, 0.29) is 26.6 Å². The van der Waals surface area contributed by atoms with Gasteiger partial charge in [0.15, 0.2) is 17.8 Å². The first kappa shape index (κ1) is 42.5. The number of ether oxygens (including phenoxy) is 8. The van der Waals surface area contributed by atoms with Gasteiger partial charge >= 0.3 is 11.9 Å². The van der Waals surface area contributed by atoms with E-state index in [1.165, 1.54) is 0 Å². The van der Waals surface area contributed by atoms with Crippen molar-refractivity contribution in [3.05, 3.63) is 114 Å². The SMILES string of the molecule is C=C(C)C(=O)OCCCOc1cc(CCOCOCc2ccc(-c3ccc(OCCOC(=O)C(=C)C)cc3)cc2)ccc1OCCCOC(O)C(=C)C. The molecule has 11 nitrogen and oxygen atoms in total. The first-order valence-corrected chi connectivity index (χ1v) is 17.5. The molecule has 0 bridgehead atoms. The summed E-state index contributed by atoms with van der Waals surface area (Å²) in [7, 11) is 0. The molecule has 1 unspecified atom stereocenters. The molecule has 286 valence electrons. The molecule has 0 aromatic heterocycles. The molecule has 0 heterocycles. The van der Waals surface area contributed by atoms with Crippen LogP contribution in [-0.2, 0) is 46.3 Å². The molecule has 11 heteroatoms. The van der Waals surface area contributed by atoms with Crippen molar-refractivity contribution in [2.24, 2.45) is 0 Å². The molecule has 0 radical (unpaired) electrons. The summed E-state index contributed by atoms with van der Waals surface area (Å²) in [6, 6.07) is 21.5. The minimum Gasteiger partial charge on any atom is -0.490 e. The molecular formula is C42H52O11. The monoisotopic (exact) mass is 732 g/mol. The highest BCUT2D eigenvalue weighted by Crippen LogP contribution is 2.29. The predicted octanol–water partition coefficient (Wildman–Crippen LogP) is 7.15. The average molecular weight is 733 g/mol. The predicted molar refractivity (Wildman–Crippen MR) is 202 cm³/mol. The van der Waals surface area contributed by atoms with Crippen molar-refractivity contribution in [3.63, 3.8) is 0 Å². The minimum absolute atomic E-state index is 0.144. The van der Waals surface area contributed by atoms with Crippen LogP contribution in [0.1, 0.15) is 44.7 Å². The summed E-state index contributed by atoms with van der Waals surface area (Å²) in [6.45, 7) is 18.3. The number of rotatable bonds is 26. The van der Waals surface area contributed by atoms with Crippen LogP contribution in [0.25, 0.3) is 11.1 Å². The van der Waals surface area contributed by atoms with E-state index in [0.29, 0.717) is 86.3 Å². The topological polar surface area (TPSA) is 128 Å². The van der Waals surface area contributed by atoms with Crippen molar-refractivity contribution >= 4 is 11.9 Å². The minimum atomic E-state index is -0.996. The summed E-state index contributed by atoms with van der Waals surface area (Å²) in [6.07, 6.45) is 0.693. The van der Waals surface area contributed by atoms with Gasteiger partial charge in [0, 0.05) is 24.0 Å². The van der Waals surface area contributed by atoms with E-state index in [9.17, 15) is 14.7 Å². The van der Waals surface area contributed by atoms with Gasteiger partial charge in [-0.1, -0.05) is 62.2 Å². The summed E-state index contributed by atoms with van der Waals surface area (Å²) in [4.78, 5) is 23.1. The van der Waals surface area contributed by atoms with Crippen LogP contribution in [0.3, 0.4) is 0 Å². The molecule has 0 aliphatic carbocycles. The maximum absolute atomic E-state index is 11.6. The summed E-state index contributed by atoms with van der Waals surface area (Å²) >= 11 is 0. The molecule has 53 heavy (non-hydrogen) atoms. The second-order valence-corrected chi connectivity index (χ2v) is 12.3. The van der Waals surface area contributed by atoms with Gasteiger partial charge in [0.05, 0.1) is 39.6 Å². The lowest BCUT2D eigenvalue weighted by molar-refractivity contribution is -0.140. The van der Waals surface area contributed by atoms with Gasteiger partial charge in [-0.15, -0.1) is 0 Å². The van der Waals surface area contributed by atoms with Crippen LogP contribution in [0.5, 0.6) is 17.2 Å². The van der Waals surface area contributed by atoms with Gasteiger partial charge in [0.1, 0.15) is 25.8 Å². The van der Waals surface area contributed by atoms with Crippen LogP contribution < -0.4 is 14.2 Å². The molecule has 0 aliphatic heterocycles. The van der Waals surface area contributed by atoms with E-state index >= 15 is 0 Å². The third-order valence-corrected chi connectivity index (χ3v) is 7.43. The largest absolute Gasteiger partial charge is 0.490 e. The van der Waals surface area contributed by atoms with Gasteiger partial charge in [-0.05, 0) is 79.3 Å². The second-order valence-electron chi connectivity index (χ2n) is 12.3. The molecule has 0 fully saturated rings. The van der Waals surface area contributed by atoms with Crippen LogP contribution in [0.15, 0.2) is 103 Å². The van der Waals surface area contributed by atoms with E-state index < -0.39 is 18.2 Å². The molecule has 0 spiro atoms. The highest BCUT2D eigenvalue weighted by atomic mass is 16.7. The Hall–Kier alpha value is -4.94. The zero-order valence-electron chi connectivity index (χ0n) is 31.1. The number of hydrogen-bond donors (Lipinski definition) is 1.